The van der Waals surface area contributed by atoms with Gasteiger partial charge in [0.05, 0.1) is 39.5 Å². The summed E-state index contributed by atoms with van der Waals surface area (Å²) in [5, 5.41) is 4.87. The summed E-state index contributed by atoms with van der Waals surface area (Å²) in [6, 6.07) is 13.3. The fourth-order valence-corrected chi connectivity index (χ4v) is 5.21. The number of hydrogen-bond donors (Lipinski definition) is 2. The Bertz CT molecular complexity index is 1600. The predicted molar refractivity (Wildman–Crippen MR) is 133 cm³/mol. The molecule has 0 saturated heterocycles. The van der Waals surface area contributed by atoms with Gasteiger partial charge in [0.15, 0.2) is 0 Å². The highest BCUT2D eigenvalue weighted by Crippen LogP contribution is 2.39. The van der Waals surface area contributed by atoms with Crippen LogP contribution in [0.1, 0.15) is 38.3 Å². The molecule has 0 unspecified atom stereocenters. The van der Waals surface area contributed by atoms with Crippen molar-refractivity contribution in [3.8, 4) is 22.5 Å². The maximum Gasteiger partial charge on any atom is 0.109 e. The average molecular weight is 438 g/mol. The molecule has 6 aromatic rings. The summed E-state index contributed by atoms with van der Waals surface area (Å²) >= 11 is 1.70. The number of nitrogens with zero attached hydrogens (tertiary/aromatic N) is 3. The van der Waals surface area contributed by atoms with Crippen LogP contribution in [-0.2, 0) is 6.42 Å². The van der Waals surface area contributed by atoms with E-state index in [1.165, 1.54) is 26.2 Å². The third kappa shape index (κ3) is 2.94. The van der Waals surface area contributed by atoms with Crippen LogP contribution in [0.2, 0.25) is 0 Å². The highest BCUT2D eigenvalue weighted by molar-refractivity contribution is 7.18. The van der Waals surface area contributed by atoms with Crippen LogP contribution in [0.3, 0.4) is 0 Å². The van der Waals surface area contributed by atoms with Crippen molar-refractivity contribution in [2.45, 2.75) is 33.1 Å². The Kier molecular flexibility index (Phi) is 4.36. The molecule has 32 heavy (non-hydrogen) atoms. The minimum Gasteiger partial charge on any atom is -0.342 e. The van der Waals surface area contributed by atoms with Gasteiger partial charge < -0.3 is 9.97 Å². The van der Waals surface area contributed by atoms with Crippen molar-refractivity contribution in [2.24, 2.45) is 0 Å². The van der Waals surface area contributed by atoms with E-state index in [2.05, 4.69) is 77.1 Å². The maximum atomic E-state index is 4.76. The normalized spacial score (nSPS) is 12.0. The maximum absolute atomic E-state index is 4.76. The van der Waals surface area contributed by atoms with Crippen LogP contribution in [0.25, 0.3) is 54.3 Å². The standard InChI is InChI=1S/C26H23N5S/c1-4-23-27-11-21(30-23)15-5-7-17-18-8-6-16(22-12-28-26(31-22)14(2)3)10-20(18)25-24(19(17)9-15)29-13-32-25/h5-14H,4H2,1-3H3,(H,27,30)(H,28,31). The second kappa shape index (κ2) is 7.28. The van der Waals surface area contributed by atoms with Crippen molar-refractivity contribution in [1.82, 2.24) is 24.9 Å². The van der Waals surface area contributed by atoms with Crippen molar-refractivity contribution in [2.75, 3.05) is 0 Å². The Morgan fingerprint density at radius 3 is 2.19 bits per heavy atom. The molecule has 0 spiro atoms. The van der Waals surface area contributed by atoms with Gasteiger partial charge in [0, 0.05) is 34.2 Å². The lowest BCUT2D eigenvalue weighted by Crippen LogP contribution is -1.89. The van der Waals surface area contributed by atoms with Crippen LogP contribution in [0.4, 0.5) is 0 Å². The summed E-state index contributed by atoms with van der Waals surface area (Å²) in [6.07, 6.45) is 4.75. The van der Waals surface area contributed by atoms with Gasteiger partial charge in [-0.25, -0.2) is 15.0 Å². The van der Waals surface area contributed by atoms with E-state index in [4.69, 9.17) is 4.98 Å². The SMILES string of the molecule is CCc1ncc(-c2ccc3c4ccc(-c5cnc(C(C)C)[nH]5)cc4c4scnc4c3c2)[nH]1. The molecule has 0 amide bonds. The molecule has 0 aliphatic heterocycles. The van der Waals surface area contributed by atoms with E-state index < -0.39 is 0 Å². The summed E-state index contributed by atoms with van der Waals surface area (Å²) in [5.41, 5.74) is 7.37. The van der Waals surface area contributed by atoms with Gasteiger partial charge in [-0.2, -0.15) is 0 Å². The number of rotatable bonds is 4. The summed E-state index contributed by atoms with van der Waals surface area (Å²) in [7, 11) is 0. The molecular formula is C26H23N5S. The molecule has 3 aromatic heterocycles. The summed E-state index contributed by atoms with van der Waals surface area (Å²) in [6.45, 7) is 6.41. The van der Waals surface area contributed by atoms with Crippen LogP contribution >= 0.6 is 11.3 Å². The molecule has 6 heteroatoms. The molecule has 0 aliphatic rings. The Hall–Kier alpha value is -3.51. The van der Waals surface area contributed by atoms with E-state index in [1.807, 2.05) is 17.9 Å². The molecular weight excluding hydrogens is 414 g/mol. The number of nitrogens with one attached hydrogen (secondary N) is 2. The number of hydrogen-bond acceptors (Lipinski definition) is 4. The van der Waals surface area contributed by atoms with Crippen LogP contribution in [-0.4, -0.2) is 24.9 Å². The first kappa shape index (κ1) is 19.2. The van der Waals surface area contributed by atoms with Crippen LogP contribution < -0.4 is 0 Å². The number of aromatic nitrogens is 5. The first-order valence-corrected chi connectivity index (χ1v) is 11.8. The largest absolute Gasteiger partial charge is 0.342 e. The molecule has 0 aliphatic carbocycles. The fourth-order valence-electron chi connectivity index (χ4n) is 4.37. The second-order valence-corrected chi connectivity index (χ2v) is 9.34. The van der Waals surface area contributed by atoms with Crippen LogP contribution in [0, 0.1) is 0 Å². The number of H-pyrrole nitrogens is 2. The average Bonchev–Trinajstić information content (AvgIpc) is 3.59. The molecule has 3 aromatic carbocycles. The van der Waals surface area contributed by atoms with Crippen LogP contribution in [0.5, 0.6) is 0 Å². The van der Waals surface area contributed by atoms with E-state index in [9.17, 15) is 0 Å². The fraction of sp³-hybridized carbons (Fsp3) is 0.192. The minimum atomic E-state index is 0.374. The van der Waals surface area contributed by atoms with Gasteiger partial charge in [0.2, 0.25) is 0 Å². The summed E-state index contributed by atoms with van der Waals surface area (Å²) in [5.74, 6) is 2.39. The molecule has 0 fully saturated rings. The molecule has 5 nitrogen and oxygen atoms in total. The number of thiazole rings is 1. The van der Waals surface area contributed by atoms with Crippen molar-refractivity contribution in [1.29, 1.82) is 0 Å². The van der Waals surface area contributed by atoms with Crippen molar-refractivity contribution in [3.05, 3.63) is 66.0 Å². The van der Waals surface area contributed by atoms with Crippen LogP contribution in [0.15, 0.2) is 54.3 Å². The van der Waals surface area contributed by atoms with E-state index in [1.54, 1.807) is 11.3 Å². The Morgan fingerprint density at radius 1 is 0.812 bits per heavy atom. The number of benzene rings is 3. The highest BCUT2D eigenvalue weighted by atomic mass is 32.1. The Balaban J connectivity index is 1.57. The first-order valence-electron chi connectivity index (χ1n) is 10.9. The lowest BCUT2D eigenvalue weighted by atomic mass is 9.96. The first-order chi connectivity index (χ1) is 15.6. The smallest absolute Gasteiger partial charge is 0.109 e. The quantitative estimate of drug-likeness (QED) is 0.290. The minimum absolute atomic E-state index is 0.374. The zero-order chi connectivity index (χ0) is 21.8. The number of aromatic amines is 2. The van der Waals surface area contributed by atoms with Gasteiger partial charge in [0.1, 0.15) is 11.6 Å². The van der Waals surface area contributed by atoms with Gasteiger partial charge in [-0.05, 0) is 22.9 Å². The van der Waals surface area contributed by atoms with Gasteiger partial charge in [-0.1, -0.05) is 45.0 Å². The lowest BCUT2D eigenvalue weighted by molar-refractivity contribution is 0.795. The molecule has 6 rings (SSSR count). The summed E-state index contributed by atoms with van der Waals surface area (Å²) < 4.78 is 1.22. The van der Waals surface area contributed by atoms with Crippen molar-refractivity contribution < 1.29 is 0 Å². The Labute approximate surface area is 189 Å². The predicted octanol–water partition coefficient (Wildman–Crippen LogP) is 7.07. The van der Waals surface area contributed by atoms with E-state index >= 15 is 0 Å². The van der Waals surface area contributed by atoms with E-state index in [-0.39, 0.29) is 0 Å². The summed E-state index contributed by atoms with van der Waals surface area (Å²) in [4.78, 5) is 20.7. The van der Waals surface area contributed by atoms with Gasteiger partial charge in [-0.3, -0.25) is 0 Å². The van der Waals surface area contributed by atoms with Gasteiger partial charge >= 0.3 is 0 Å². The zero-order valence-corrected chi connectivity index (χ0v) is 19.0. The third-order valence-electron chi connectivity index (χ3n) is 6.12. The molecule has 0 saturated carbocycles. The number of imidazole rings is 2. The Morgan fingerprint density at radius 2 is 1.50 bits per heavy atom. The van der Waals surface area contributed by atoms with Gasteiger partial charge in [-0.15, -0.1) is 11.3 Å². The zero-order valence-electron chi connectivity index (χ0n) is 18.2. The lowest BCUT2D eigenvalue weighted by Gasteiger charge is -2.09. The van der Waals surface area contributed by atoms with E-state index in [0.717, 1.165) is 46.1 Å². The van der Waals surface area contributed by atoms with Crippen molar-refractivity contribution >= 4 is 43.1 Å². The highest BCUT2D eigenvalue weighted by Gasteiger charge is 2.14. The second-order valence-electron chi connectivity index (χ2n) is 8.48. The van der Waals surface area contributed by atoms with Crippen molar-refractivity contribution in [3.63, 3.8) is 0 Å². The molecule has 0 bridgehead atoms. The van der Waals surface area contributed by atoms with E-state index in [0.29, 0.717) is 5.92 Å². The molecule has 0 atom stereocenters. The van der Waals surface area contributed by atoms with Gasteiger partial charge in [0.25, 0.3) is 0 Å². The molecule has 158 valence electrons. The molecule has 0 radical (unpaired) electrons. The third-order valence-corrected chi connectivity index (χ3v) is 6.98. The number of aryl methyl sites for hydroxylation is 1. The number of fused-ring (bicyclic) bond motifs is 6. The molecule has 3 heterocycles. The topological polar surface area (TPSA) is 70.2 Å². The molecule has 2 N–H and O–H groups in total. The monoisotopic (exact) mass is 437 g/mol.